The number of ether oxygens (including phenoxy) is 1. The molecule has 0 saturated heterocycles. The Hall–Kier alpha value is -2.88. The van der Waals surface area contributed by atoms with Crippen molar-refractivity contribution in [2.24, 2.45) is 11.1 Å². The first-order valence-electron chi connectivity index (χ1n) is 9.99. The SMILES string of the molecule is CO/N=C(/C)CC1CC(OCc2ccccc2)=C(c2c(C)cc(C)cc2C)C1=O. The first kappa shape index (κ1) is 20.8. The zero-order valence-corrected chi connectivity index (χ0v) is 17.9. The zero-order chi connectivity index (χ0) is 21.0. The van der Waals surface area contributed by atoms with Crippen LogP contribution in [0, 0.1) is 26.7 Å². The van der Waals surface area contributed by atoms with Crippen LogP contribution < -0.4 is 0 Å². The van der Waals surface area contributed by atoms with Crippen LogP contribution in [0.3, 0.4) is 0 Å². The Kier molecular flexibility index (Phi) is 6.53. The van der Waals surface area contributed by atoms with Crippen LogP contribution in [0.15, 0.2) is 53.4 Å². The van der Waals surface area contributed by atoms with Gasteiger partial charge in [-0.1, -0.05) is 53.2 Å². The molecule has 0 bridgehead atoms. The number of allylic oxidation sites excluding steroid dienone is 2. The molecule has 0 N–H and O–H groups in total. The molecule has 0 spiro atoms. The quantitative estimate of drug-likeness (QED) is 0.460. The van der Waals surface area contributed by atoms with E-state index in [1.807, 2.05) is 37.3 Å². The van der Waals surface area contributed by atoms with Crippen molar-refractivity contribution in [2.45, 2.75) is 47.1 Å². The molecule has 3 rings (SSSR count). The molecule has 2 aromatic rings. The van der Waals surface area contributed by atoms with Crippen molar-refractivity contribution in [3.63, 3.8) is 0 Å². The number of aryl methyl sites for hydroxylation is 3. The summed E-state index contributed by atoms with van der Waals surface area (Å²) in [5, 5.41) is 3.99. The number of hydrogen-bond acceptors (Lipinski definition) is 4. The second-order valence-corrected chi connectivity index (χ2v) is 7.82. The number of hydrogen-bond donors (Lipinski definition) is 0. The van der Waals surface area contributed by atoms with Crippen molar-refractivity contribution in [1.29, 1.82) is 0 Å². The number of rotatable bonds is 7. The van der Waals surface area contributed by atoms with E-state index in [2.05, 4.69) is 38.1 Å². The number of Topliss-reactive ketones (excluding diaryl/α,β-unsaturated/α-hetero) is 1. The first-order chi connectivity index (χ1) is 13.9. The van der Waals surface area contributed by atoms with E-state index in [4.69, 9.17) is 9.57 Å². The average molecular weight is 392 g/mol. The Morgan fingerprint density at radius 1 is 1.10 bits per heavy atom. The monoisotopic (exact) mass is 391 g/mol. The lowest BCUT2D eigenvalue weighted by atomic mass is 9.90. The number of nitrogens with zero attached hydrogens (tertiary/aromatic N) is 1. The summed E-state index contributed by atoms with van der Waals surface area (Å²) >= 11 is 0. The molecule has 152 valence electrons. The molecular weight excluding hydrogens is 362 g/mol. The maximum Gasteiger partial charge on any atom is 0.170 e. The molecule has 4 heteroatoms. The topological polar surface area (TPSA) is 47.9 Å². The van der Waals surface area contributed by atoms with Crippen LogP contribution in [-0.2, 0) is 21.0 Å². The van der Waals surface area contributed by atoms with E-state index in [1.54, 1.807) is 0 Å². The van der Waals surface area contributed by atoms with Gasteiger partial charge in [0.15, 0.2) is 5.78 Å². The lowest BCUT2D eigenvalue weighted by molar-refractivity contribution is -0.116. The van der Waals surface area contributed by atoms with E-state index in [1.165, 1.54) is 12.7 Å². The highest BCUT2D eigenvalue weighted by atomic mass is 16.6. The molecule has 2 aromatic carbocycles. The summed E-state index contributed by atoms with van der Waals surface area (Å²) in [6, 6.07) is 14.3. The maximum atomic E-state index is 13.4. The first-order valence-corrected chi connectivity index (χ1v) is 9.99. The van der Waals surface area contributed by atoms with Crippen molar-refractivity contribution < 1.29 is 14.4 Å². The molecule has 1 aliphatic rings. The van der Waals surface area contributed by atoms with Crippen molar-refractivity contribution in [2.75, 3.05) is 7.11 Å². The summed E-state index contributed by atoms with van der Waals surface area (Å²) in [6.45, 7) is 8.55. The van der Waals surface area contributed by atoms with Gasteiger partial charge in [-0.3, -0.25) is 4.79 Å². The normalized spacial score (nSPS) is 17.1. The predicted octanol–water partition coefficient (Wildman–Crippen LogP) is 5.54. The summed E-state index contributed by atoms with van der Waals surface area (Å²) in [5.41, 5.74) is 7.04. The van der Waals surface area contributed by atoms with Gasteiger partial charge in [0.05, 0.1) is 11.3 Å². The maximum absolute atomic E-state index is 13.4. The summed E-state index contributed by atoms with van der Waals surface area (Å²) < 4.78 is 6.23. The highest BCUT2D eigenvalue weighted by Crippen LogP contribution is 2.40. The molecule has 1 atom stereocenters. The van der Waals surface area contributed by atoms with Gasteiger partial charge in [0.1, 0.15) is 19.5 Å². The van der Waals surface area contributed by atoms with Crippen LogP contribution in [0.1, 0.15) is 47.6 Å². The Morgan fingerprint density at radius 2 is 1.76 bits per heavy atom. The molecule has 0 aromatic heterocycles. The summed E-state index contributed by atoms with van der Waals surface area (Å²) in [6.07, 6.45) is 1.16. The standard InChI is InChI=1S/C25H29NO3/c1-16-11-17(2)23(18(3)12-16)24-22(29-15-20-9-7-6-8-10-20)14-21(25(24)27)13-19(4)26-28-5/h6-12,21H,13-15H2,1-5H3/b26-19-. The van der Waals surface area contributed by atoms with Gasteiger partial charge in [0.25, 0.3) is 0 Å². The Labute approximate surface area is 173 Å². The molecule has 0 heterocycles. The second-order valence-electron chi connectivity index (χ2n) is 7.82. The molecule has 4 nitrogen and oxygen atoms in total. The van der Waals surface area contributed by atoms with E-state index in [0.717, 1.165) is 39.3 Å². The second kappa shape index (κ2) is 9.08. The molecule has 1 aliphatic carbocycles. The fourth-order valence-electron chi connectivity index (χ4n) is 4.19. The highest BCUT2D eigenvalue weighted by molar-refractivity contribution is 6.25. The van der Waals surface area contributed by atoms with Crippen LogP contribution in [0.4, 0.5) is 0 Å². The van der Waals surface area contributed by atoms with Crippen molar-refractivity contribution in [3.05, 3.63) is 76.0 Å². The molecule has 0 amide bonds. The molecule has 1 unspecified atom stereocenters. The lowest BCUT2D eigenvalue weighted by Gasteiger charge is -2.15. The Balaban J connectivity index is 1.97. The molecule has 0 fully saturated rings. The van der Waals surface area contributed by atoms with Crippen molar-refractivity contribution in [1.82, 2.24) is 0 Å². The van der Waals surface area contributed by atoms with Gasteiger partial charge >= 0.3 is 0 Å². The van der Waals surface area contributed by atoms with Gasteiger partial charge < -0.3 is 9.57 Å². The largest absolute Gasteiger partial charge is 0.492 e. The number of carbonyl (C=O) groups is 1. The van der Waals surface area contributed by atoms with E-state index in [0.29, 0.717) is 19.4 Å². The fraction of sp³-hybridized carbons (Fsp3) is 0.360. The van der Waals surface area contributed by atoms with Crippen LogP contribution in [0.25, 0.3) is 5.57 Å². The average Bonchev–Trinajstić information content (AvgIpc) is 2.96. The van der Waals surface area contributed by atoms with Crippen LogP contribution in [-0.4, -0.2) is 18.6 Å². The zero-order valence-electron chi connectivity index (χ0n) is 17.9. The minimum Gasteiger partial charge on any atom is -0.492 e. The number of oxime groups is 1. The highest BCUT2D eigenvalue weighted by Gasteiger charge is 2.36. The summed E-state index contributed by atoms with van der Waals surface area (Å²) in [7, 11) is 1.52. The minimum atomic E-state index is -0.172. The smallest absolute Gasteiger partial charge is 0.170 e. The molecular formula is C25H29NO3. The number of benzene rings is 2. The van der Waals surface area contributed by atoms with E-state index in [9.17, 15) is 4.79 Å². The number of carbonyl (C=O) groups excluding carboxylic acids is 1. The third kappa shape index (κ3) is 4.76. The number of ketones is 1. The van der Waals surface area contributed by atoms with Crippen LogP contribution in [0.5, 0.6) is 0 Å². The fourth-order valence-corrected chi connectivity index (χ4v) is 4.19. The third-order valence-corrected chi connectivity index (χ3v) is 5.30. The van der Waals surface area contributed by atoms with Gasteiger partial charge in [0.2, 0.25) is 0 Å². The minimum absolute atomic E-state index is 0.133. The van der Waals surface area contributed by atoms with Crippen molar-refractivity contribution in [3.8, 4) is 0 Å². The Bertz CT molecular complexity index is 934. The van der Waals surface area contributed by atoms with Gasteiger partial charge in [-0.15, -0.1) is 0 Å². The predicted molar refractivity (Wildman–Crippen MR) is 117 cm³/mol. The van der Waals surface area contributed by atoms with Gasteiger partial charge in [-0.05, 0) is 56.4 Å². The van der Waals surface area contributed by atoms with Crippen LogP contribution in [0.2, 0.25) is 0 Å². The Morgan fingerprint density at radius 3 is 2.38 bits per heavy atom. The molecule has 0 saturated carbocycles. The molecule has 0 aliphatic heterocycles. The van der Waals surface area contributed by atoms with E-state index >= 15 is 0 Å². The lowest BCUT2D eigenvalue weighted by Crippen LogP contribution is -2.14. The van der Waals surface area contributed by atoms with Gasteiger partial charge in [-0.25, -0.2) is 0 Å². The van der Waals surface area contributed by atoms with Crippen molar-refractivity contribution >= 4 is 17.1 Å². The molecule has 0 radical (unpaired) electrons. The van der Waals surface area contributed by atoms with Crippen LogP contribution >= 0.6 is 0 Å². The third-order valence-electron chi connectivity index (χ3n) is 5.30. The molecule has 29 heavy (non-hydrogen) atoms. The van der Waals surface area contributed by atoms with E-state index in [-0.39, 0.29) is 11.7 Å². The summed E-state index contributed by atoms with van der Waals surface area (Å²) in [5.74, 6) is 0.743. The van der Waals surface area contributed by atoms with E-state index < -0.39 is 0 Å². The van der Waals surface area contributed by atoms with Gasteiger partial charge in [0, 0.05) is 12.3 Å². The summed E-state index contributed by atoms with van der Waals surface area (Å²) in [4.78, 5) is 18.3. The van der Waals surface area contributed by atoms with Gasteiger partial charge in [-0.2, -0.15) is 0 Å².